The van der Waals surface area contributed by atoms with Crippen LogP contribution in [0.3, 0.4) is 0 Å². The summed E-state index contributed by atoms with van der Waals surface area (Å²) >= 11 is 0.807. The van der Waals surface area contributed by atoms with Crippen LogP contribution in [0.15, 0.2) is 24.3 Å². The average molecular weight is 444 g/mol. The number of amides is 3. The fourth-order valence-corrected chi connectivity index (χ4v) is 4.53. The van der Waals surface area contributed by atoms with Crippen LogP contribution in [0.4, 0.5) is 11.4 Å². The molecule has 1 fully saturated rings. The smallest absolute Gasteiger partial charge is 0.272 e. The van der Waals surface area contributed by atoms with Gasteiger partial charge in [-0.05, 0) is 54.9 Å². The number of aromatic nitrogens is 1. The van der Waals surface area contributed by atoms with E-state index in [4.69, 9.17) is 11.5 Å². The van der Waals surface area contributed by atoms with E-state index in [1.165, 1.54) is 4.90 Å². The zero-order valence-corrected chi connectivity index (χ0v) is 18.9. The maximum absolute atomic E-state index is 13.5. The van der Waals surface area contributed by atoms with Crippen molar-refractivity contribution in [2.24, 2.45) is 5.73 Å². The molecule has 2 aromatic rings. The van der Waals surface area contributed by atoms with Gasteiger partial charge in [-0.2, -0.15) is 4.37 Å². The van der Waals surface area contributed by atoms with Crippen LogP contribution in [-0.4, -0.2) is 34.2 Å². The van der Waals surface area contributed by atoms with Crippen molar-refractivity contribution in [2.75, 3.05) is 10.6 Å². The number of nitrogens with zero attached hydrogens (tertiary/aromatic N) is 2. The van der Waals surface area contributed by atoms with Gasteiger partial charge in [-0.25, -0.2) is 0 Å². The number of hydrogen-bond donors (Lipinski definition) is 3. The maximum atomic E-state index is 13.5. The lowest BCUT2D eigenvalue weighted by Crippen LogP contribution is -2.50. The van der Waals surface area contributed by atoms with Crippen molar-refractivity contribution in [3.05, 3.63) is 40.4 Å². The fraction of sp³-hybridized carbons (Fsp3) is 0.455. The predicted molar refractivity (Wildman–Crippen MR) is 122 cm³/mol. The number of nitrogens with two attached hydrogens (primary N) is 2. The summed E-state index contributed by atoms with van der Waals surface area (Å²) in [6.07, 6.45) is 4.07. The van der Waals surface area contributed by atoms with Gasteiger partial charge >= 0.3 is 0 Å². The van der Waals surface area contributed by atoms with Gasteiger partial charge in [-0.3, -0.25) is 19.3 Å². The van der Waals surface area contributed by atoms with Crippen LogP contribution in [0.25, 0.3) is 0 Å². The molecular formula is C22H29N5O3S. The van der Waals surface area contributed by atoms with Gasteiger partial charge in [0.1, 0.15) is 10.9 Å². The average Bonchev–Trinajstić information content (AvgIpc) is 3.37. The maximum Gasteiger partial charge on any atom is 0.272 e. The Morgan fingerprint density at radius 3 is 2.26 bits per heavy atom. The molecule has 5 N–H and O–H groups in total. The Kier molecular flexibility index (Phi) is 6.94. The van der Waals surface area contributed by atoms with Crippen LogP contribution in [0.2, 0.25) is 0 Å². The Balaban J connectivity index is 1.95. The minimum absolute atomic E-state index is 0.0605. The summed E-state index contributed by atoms with van der Waals surface area (Å²) in [7, 11) is 0. The molecule has 166 valence electrons. The first-order valence-electron chi connectivity index (χ1n) is 10.5. The molecule has 1 aliphatic rings. The van der Waals surface area contributed by atoms with E-state index in [0.717, 1.165) is 42.8 Å². The molecule has 0 radical (unpaired) electrons. The van der Waals surface area contributed by atoms with Crippen LogP contribution >= 0.6 is 11.5 Å². The Bertz CT molecular complexity index is 964. The number of rotatable bonds is 7. The van der Waals surface area contributed by atoms with E-state index in [-0.39, 0.29) is 28.2 Å². The van der Waals surface area contributed by atoms with Crippen molar-refractivity contribution < 1.29 is 14.4 Å². The highest BCUT2D eigenvalue weighted by molar-refractivity contribution is 7.09. The summed E-state index contributed by atoms with van der Waals surface area (Å²) in [6.45, 7) is 5.85. The number of carbonyl (C=O) groups is 3. The van der Waals surface area contributed by atoms with Gasteiger partial charge in [0.15, 0.2) is 5.69 Å². The lowest BCUT2D eigenvalue weighted by atomic mass is 10.0. The molecule has 1 aromatic heterocycles. The standard InChI is InChI=1S/C22H29N5O3S/c1-12(2)14-8-10-16(11-9-14)27(13(3)21(29)25-15-6-4-5-7-15)22(30)19-17(23)18(20(24)28)26-31-19/h8-13,15H,4-7,23H2,1-3H3,(H2,24,28)(H,25,29). The van der Waals surface area contributed by atoms with Crippen molar-refractivity contribution in [1.82, 2.24) is 9.69 Å². The van der Waals surface area contributed by atoms with Gasteiger partial charge in [0.05, 0.1) is 5.69 Å². The van der Waals surface area contributed by atoms with E-state index in [0.29, 0.717) is 11.6 Å². The molecule has 1 unspecified atom stereocenters. The molecule has 1 aliphatic carbocycles. The molecule has 0 saturated heterocycles. The molecule has 0 spiro atoms. The first-order chi connectivity index (χ1) is 14.7. The minimum Gasteiger partial charge on any atom is -0.395 e. The number of primary amides is 1. The second kappa shape index (κ2) is 9.47. The number of hydrogen-bond acceptors (Lipinski definition) is 6. The summed E-state index contributed by atoms with van der Waals surface area (Å²) in [5.41, 5.74) is 12.8. The summed E-state index contributed by atoms with van der Waals surface area (Å²) < 4.78 is 3.93. The third kappa shape index (κ3) is 4.87. The topological polar surface area (TPSA) is 131 Å². The van der Waals surface area contributed by atoms with E-state index in [1.807, 2.05) is 24.3 Å². The minimum atomic E-state index is -0.798. The molecule has 3 amide bonds. The highest BCUT2D eigenvalue weighted by Gasteiger charge is 2.33. The van der Waals surface area contributed by atoms with E-state index in [9.17, 15) is 14.4 Å². The molecule has 0 bridgehead atoms. The van der Waals surface area contributed by atoms with Gasteiger partial charge < -0.3 is 16.8 Å². The van der Waals surface area contributed by atoms with Crippen LogP contribution in [0, 0.1) is 0 Å². The SMILES string of the molecule is CC(C)c1ccc(N(C(=O)c2snc(C(N)=O)c2N)C(C)C(=O)NC2CCCC2)cc1. The Labute approximate surface area is 186 Å². The Hall–Kier alpha value is -2.94. The third-order valence-electron chi connectivity index (χ3n) is 5.68. The van der Waals surface area contributed by atoms with Crippen molar-refractivity contribution in [2.45, 2.75) is 64.5 Å². The van der Waals surface area contributed by atoms with Crippen LogP contribution < -0.4 is 21.7 Å². The summed E-state index contributed by atoms with van der Waals surface area (Å²) in [4.78, 5) is 39.5. The van der Waals surface area contributed by atoms with Crippen molar-refractivity contribution in [3.63, 3.8) is 0 Å². The second-order valence-corrected chi connectivity index (χ2v) is 9.00. The summed E-state index contributed by atoms with van der Waals surface area (Å²) in [5, 5.41) is 3.05. The van der Waals surface area contributed by atoms with Crippen molar-refractivity contribution >= 4 is 40.6 Å². The molecule has 1 saturated carbocycles. The zero-order chi connectivity index (χ0) is 22.7. The van der Waals surface area contributed by atoms with Gasteiger partial charge in [0.25, 0.3) is 11.8 Å². The molecule has 8 nitrogen and oxygen atoms in total. The van der Waals surface area contributed by atoms with Crippen LogP contribution in [-0.2, 0) is 4.79 Å². The van der Waals surface area contributed by atoms with Crippen LogP contribution in [0.5, 0.6) is 0 Å². The fourth-order valence-electron chi connectivity index (χ4n) is 3.78. The molecule has 1 aromatic carbocycles. The molecule has 0 aliphatic heterocycles. The highest BCUT2D eigenvalue weighted by Crippen LogP contribution is 2.29. The quantitative estimate of drug-likeness (QED) is 0.605. The molecule has 1 heterocycles. The lowest BCUT2D eigenvalue weighted by molar-refractivity contribution is -0.122. The van der Waals surface area contributed by atoms with Crippen molar-refractivity contribution in [3.8, 4) is 0 Å². The van der Waals surface area contributed by atoms with Gasteiger partial charge in [-0.15, -0.1) is 0 Å². The predicted octanol–water partition coefficient (Wildman–Crippen LogP) is 3.04. The van der Waals surface area contributed by atoms with Crippen LogP contribution in [0.1, 0.15) is 78.1 Å². The van der Waals surface area contributed by atoms with Gasteiger partial charge in [-0.1, -0.05) is 38.8 Å². The number of nitrogens with one attached hydrogen (secondary N) is 1. The highest BCUT2D eigenvalue weighted by atomic mass is 32.1. The number of benzene rings is 1. The van der Waals surface area contributed by atoms with E-state index < -0.39 is 17.9 Å². The van der Waals surface area contributed by atoms with E-state index >= 15 is 0 Å². The number of carbonyl (C=O) groups excluding carboxylic acids is 3. The normalized spacial score (nSPS) is 15.1. The number of anilines is 2. The second-order valence-electron chi connectivity index (χ2n) is 8.23. The Morgan fingerprint density at radius 1 is 1.13 bits per heavy atom. The molecular weight excluding hydrogens is 414 g/mol. The van der Waals surface area contributed by atoms with Gasteiger partial charge in [0, 0.05) is 11.7 Å². The largest absolute Gasteiger partial charge is 0.395 e. The molecule has 31 heavy (non-hydrogen) atoms. The number of nitrogen functional groups attached to an aromatic ring is 1. The van der Waals surface area contributed by atoms with E-state index in [1.54, 1.807) is 6.92 Å². The monoisotopic (exact) mass is 443 g/mol. The van der Waals surface area contributed by atoms with Crippen molar-refractivity contribution in [1.29, 1.82) is 0 Å². The zero-order valence-electron chi connectivity index (χ0n) is 18.1. The Morgan fingerprint density at radius 2 is 1.74 bits per heavy atom. The molecule has 1 atom stereocenters. The first kappa shape index (κ1) is 22.7. The third-order valence-corrected chi connectivity index (χ3v) is 6.53. The van der Waals surface area contributed by atoms with E-state index in [2.05, 4.69) is 23.5 Å². The molecule has 9 heteroatoms. The first-order valence-corrected chi connectivity index (χ1v) is 11.3. The molecule has 3 rings (SSSR count). The van der Waals surface area contributed by atoms with Gasteiger partial charge in [0.2, 0.25) is 5.91 Å². The summed E-state index contributed by atoms with van der Waals surface area (Å²) in [6, 6.07) is 6.86. The summed E-state index contributed by atoms with van der Waals surface area (Å²) in [5.74, 6) is -1.19. The lowest BCUT2D eigenvalue weighted by Gasteiger charge is -2.29.